The molecule has 0 saturated heterocycles. The molecule has 7 nitrogen and oxygen atoms in total. The van der Waals surface area contributed by atoms with E-state index < -0.39 is 22.2 Å². The second-order valence-corrected chi connectivity index (χ2v) is 10.4. The number of sulfonamides is 1. The normalized spacial score (nSPS) is 21.5. The van der Waals surface area contributed by atoms with Gasteiger partial charge in [0.05, 0.1) is 13.2 Å². The number of ether oxygens (including phenoxy) is 1. The van der Waals surface area contributed by atoms with E-state index in [0.29, 0.717) is 5.56 Å². The molecule has 0 fully saturated rings. The molecule has 1 N–H and O–H groups in total. The minimum absolute atomic E-state index is 0.0602. The van der Waals surface area contributed by atoms with Crippen molar-refractivity contribution < 1.29 is 23.1 Å². The van der Waals surface area contributed by atoms with Crippen molar-refractivity contribution in [1.82, 2.24) is 9.21 Å². The first-order chi connectivity index (χ1) is 15.7. The first-order valence-electron chi connectivity index (χ1n) is 11.1. The van der Waals surface area contributed by atoms with Crippen LogP contribution in [0.4, 0.5) is 0 Å². The summed E-state index contributed by atoms with van der Waals surface area (Å²) in [6.07, 6.45) is 3.28. The zero-order valence-corrected chi connectivity index (χ0v) is 20.3. The van der Waals surface area contributed by atoms with Crippen LogP contribution in [0.5, 0.6) is 5.75 Å². The van der Waals surface area contributed by atoms with Crippen LogP contribution in [0, 0.1) is 5.92 Å². The highest BCUT2D eigenvalue weighted by molar-refractivity contribution is 7.89. The maximum Gasteiger partial charge on any atom is 0.253 e. The SMILES string of the molecule is C/C=C/c1ccc2c(c1)O[C@H](CN(C)C(=O)c1ccccc1)[C@@H](C)CN([C@@H](C)CO)S2(=O)=O. The Labute approximate surface area is 196 Å². The summed E-state index contributed by atoms with van der Waals surface area (Å²) in [7, 11) is -2.17. The van der Waals surface area contributed by atoms with E-state index in [2.05, 4.69) is 0 Å². The number of allylic oxidation sites excluding steroid dienone is 1. The fourth-order valence-corrected chi connectivity index (χ4v) is 5.74. The summed E-state index contributed by atoms with van der Waals surface area (Å²) in [6, 6.07) is 13.4. The fraction of sp³-hybridized carbons (Fsp3) is 0.400. The van der Waals surface area contributed by atoms with E-state index >= 15 is 0 Å². The molecule has 33 heavy (non-hydrogen) atoms. The molecule has 8 heteroatoms. The molecule has 1 heterocycles. The number of likely N-dealkylation sites (N-methyl/N-ethyl adjacent to an activating group) is 1. The minimum Gasteiger partial charge on any atom is -0.487 e. The van der Waals surface area contributed by atoms with E-state index in [0.717, 1.165) is 5.56 Å². The van der Waals surface area contributed by atoms with Crippen molar-refractivity contribution in [3.05, 3.63) is 65.7 Å². The van der Waals surface area contributed by atoms with Gasteiger partial charge >= 0.3 is 0 Å². The van der Waals surface area contributed by atoms with Crippen LogP contribution >= 0.6 is 0 Å². The Morgan fingerprint density at radius 1 is 1.27 bits per heavy atom. The third kappa shape index (κ3) is 5.46. The summed E-state index contributed by atoms with van der Waals surface area (Å²) in [4.78, 5) is 14.6. The Morgan fingerprint density at radius 2 is 1.97 bits per heavy atom. The molecule has 0 bridgehead atoms. The third-order valence-electron chi connectivity index (χ3n) is 5.87. The quantitative estimate of drug-likeness (QED) is 0.697. The van der Waals surface area contributed by atoms with Gasteiger partial charge in [0.25, 0.3) is 5.91 Å². The lowest BCUT2D eigenvalue weighted by Gasteiger charge is -2.37. The molecule has 2 aromatic rings. The lowest BCUT2D eigenvalue weighted by atomic mass is 10.0. The Hall–Kier alpha value is -2.68. The molecule has 0 aromatic heterocycles. The van der Waals surface area contributed by atoms with Crippen molar-refractivity contribution in [2.24, 2.45) is 5.92 Å². The van der Waals surface area contributed by atoms with Crippen LogP contribution in [0.2, 0.25) is 0 Å². The molecule has 2 aromatic carbocycles. The second-order valence-electron chi connectivity index (χ2n) is 8.50. The van der Waals surface area contributed by atoms with E-state index in [-0.39, 0.29) is 42.2 Å². The van der Waals surface area contributed by atoms with Crippen molar-refractivity contribution >= 4 is 22.0 Å². The number of benzene rings is 2. The zero-order chi connectivity index (χ0) is 24.2. The second kappa shape index (κ2) is 10.5. The fourth-order valence-electron chi connectivity index (χ4n) is 3.91. The van der Waals surface area contributed by atoms with Gasteiger partial charge in [-0.2, -0.15) is 4.31 Å². The van der Waals surface area contributed by atoms with E-state index in [9.17, 15) is 18.3 Å². The number of carbonyl (C=O) groups is 1. The average Bonchev–Trinajstić information content (AvgIpc) is 2.81. The number of aliphatic hydroxyl groups excluding tert-OH is 1. The molecule has 1 aliphatic rings. The van der Waals surface area contributed by atoms with Gasteiger partial charge in [-0.3, -0.25) is 4.79 Å². The molecule has 0 unspecified atom stereocenters. The topological polar surface area (TPSA) is 87.2 Å². The van der Waals surface area contributed by atoms with Crippen LogP contribution in [0.25, 0.3) is 6.08 Å². The van der Waals surface area contributed by atoms with Gasteiger partial charge in [-0.1, -0.05) is 43.3 Å². The highest BCUT2D eigenvalue weighted by atomic mass is 32.2. The molecule has 0 aliphatic carbocycles. The molecule has 3 rings (SSSR count). The van der Waals surface area contributed by atoms with Crippen molar-refractivity contribution in [1.29, 1.82) is 0 Å². The molecule has 3 atom stereocenters. The number of carbonyl (C=O) groups excluding carboxylic acids is 1. The van der Waals surface area contributed by atoms with Crippen molar-refractivity contribution in [3.8, 4) is 5.75 Å². The van der Waals surface area contributed by atoms with Crippen LogP contribution < -0.4 is 4.74 Å². The van der Waals surface area contributed by atoms with Crippen LogP contribution in [0.3, 0.4) is 0 Å². The molecule has 1 amide bonds. The molecular weight excluding hydrogens is 440 g/mol. The standard InChI is InChI=1S/C25H32N2O5S/c1-5-9-20-12-13-24-22(14-20)32-23(16-26(4)25(29)21-10-7-6-8-11-21)18(2)15-27(19(3)17-28)33(24,30)31/h5-14,18-19,23,28H,15-17H2,1-4H3/b9-5+/t18-,19-,23+/m0/s1. The number of nitrogens with zero attached hydrogens (tertiary/aromatic N) is 2. The lowest BCUT2D eigenvalue weighted by Crippen LogP contribution is -2.50. The number of aliphatic hydroxyl groups is 1. The number of rotatable bonds is 6. The van der Waals surface area contributed by atoms with Gasteiger partial charge in [-0.15, -0.1) is 0 Å². The van der Waals surface area contributed by atoms with Gasteiger partial charge in [0.1, 0.15) is 16.7 Å². The number of hydrogen-bond acceptors (Lipinski definition) is 5. The van der Waals surface area contributed by atoms with E-state index in [1.54, 1.807) is 49.2 Å². The number of hydrogen-bond donors (Lipinski definition) is 1. The molecular formula is C25H32N2O5S. The summed E-state index contributed by atoms with van der Waals surface area (Å²) >= 11 is 0. The zero-order valence-electron chi connectivity index (χ0n) is 19.5. The molecule has 1 aliphatic heterocycles. The Kier molecular flexibility index (Phi) is 7.94. The van der Waals surface area contributed by atoms with Crippen LogP contribution in [0.15, 0.2) is 59.5 Å². The van der Waals surface area contributed by atoms with E-state index in [4.69, 9.17) is 4.74 Å². The monoisotopic (exact) mass is 472 g/mol. The highest BCUT2D eigenvalue weighted by Gasteiger charge is 2.38. The van der Waals surface area contributed by atoms with Crippen LogP contribution in [-0.4, -0.2) is 67.5 Å². The summed E-state index contributed by atoms with van der Waals surface area (Å²) in [5, 5.41) is 9.74. The summed E-state index contributed by atoms with van der Waals surface area (Å²) in [5.74, 6) is -0.124. The predicted octanol–water partition coefficient (Wildman–Crippen LogP) is 3.26. The van der Waals surface area contributed by atoms with Crippen LogP contribution in [-0.2, 0) is 10.0 Å². The van der Waals surface area contributed by atoms with Gasteiger partial charge in [0.2, 0.25) is 10.0 Å². The maximum absolute atomic E-state index is 13.5. The maximum atomic E-state index is 13.5. The third-order valence-corrected chi connectivity index (χ3v) is 7.89. The number of fused-ring (bicyclic) bond motifs is 1. The van der Waals surface area contributed by atoms with Crippen molar-refractivity contribution in [2.75, 3.05) is 26.7 Å². The molecule has 178 valence electrons. The Morgan fingerprint density at radius 3 is 2.61 bits per heavy atom. The molecule has 0 spiro atoms. The average molecular weight is 473 g/mol. The Bertz CT molecular complexity index is 1100. The molecule has 0 saturated carbocycles. The van der Waals surface area contributed by atoms with Gasteiger partial charge in [-0.25, -0.2) is 8.42 Å². The van der Waals surface area contributed by atoms with E-state index in [1.807, 2.05) is 44.2 Å². The Balaban J connectivity index is 2.01. The van der Waals surface area contributed by atoms with Crippen LogP contribution in [0.1, 0.15) is 36.7 Å². The summed E-state index contributed by atoms with van der Waals surface area (Å²) in [6.45, 7) is 5.62. The first-order valence-corrected chi connectivity index (χ1v) is 12.5. The largest absolute Gasteiger partial charge is 0.487 e. The smallest absolute Gasteiger partial charge is 0.253 e. The number of amides is 1. The van der Waals surface area contributed by atoms with Gasteiger partial charge in [0.15, 0.2) is 0 Å². The van der Waals surface area contributed by atoms with Gasteiger partial charge in [-0.05, 0) is 43.7 Å². The molecule has 0 radical (unpaired) electrons. The predicted molar refractivity (Wildman–Crippen MR) is 129 cm³/mol. The minimum atomic E-state index is -3.89. The van der Waals surface area contributed by atoms with Gasteiger partial charge in [0, 0.05) is 31.1 Å². The summed E-state index contributed by atoms with van der Waals surface area (Å²) in [5.41, 5.74) is 1.39. The van der Waals surface area contributed by atoms with E-state index in [1.165, 1.54) is 4.31 Å². The first kappa shape index (κ1) is 25.0. The van der Waals surface area contributed by atoms with Crippen molar-refractivity contribution in [3.63, 3.8) is 0 Å². The highest BCUT2D eigenvalue weighted by Crippen LogP contribution is 2.34. The lowest BCUT2D eigenvalue weighted by molar-refractivity contribution is 0.0563. The summed E-state index contributed by atoms with van der Waals surface area (Å²) < 4.78 is 34.6. The van der Waals surface area contributed by atoms with Crippen molar-refractivity contribution in [2.45, 2.75) is 37.8 Å². The van der Waals surface area contributed by atoms with Gasteiger partial charge < -0.3 is 14.7 Å².